The number of nitrogens with one attached hydrogen (secondary N) is 1. The predicted octanol–water partition coefficient (Wildman–Crippen LogP) is 1.96. The molecule has 3 N–H and O–H groups in total. The highest BCUT2D eigenvalue weighted by Crippen LogP contribution is 2.08. The van der Waals surface area contributed by atoms with Crippen molar-refractivity contribution in [1.82, 2.24) is 10.3 Å². The topological polar surface area (TPSA) is 77.2 Å². The minimum atomic E-state index is -0.139. The van der Waals surface area contributed by atoms with Gasteiger partial charge in [-0.3, -0.25) is 4.79 Å². The highest BCUT2D eigenvalue weighted by atomic mass is 35.5. The van der Waals surface area contributed by atoms with Crippen LogP contribution in [0.4, 0.5) is 0 Å². The van der Waals surface area contributed by atoms with Crippen LogP contribution < -0.4 is 11.1 Å². The highest BCUT2D eigenvalue weighted by Gasteiger charge is 2.08. The summed E-state index contributed by atoms with van der Waals surface area (Å²) in [6, 6.07) is 0. The number of nitrogens with two attached hydrogens (primary N) is 1. The number of aromatic nitrogens is 1. The molecule has 19 heavy (non-hydrogen) atoms. The average Bonchev–Trinajstić information content (AvgIpc) is 2.86. The number of ether oxygens (including phenoxy) is 1. The summed E-state index contributed by atoms with van der Waals surface area (Å²) in [5.74, 6) is -0.139. The van der Waals surface area contributed by atoms with E-state index in [2.05, 4.69) is 17.2 Å². The van der Waals surface area contributed by atoms with E-state index in [1.54, 1.807) is 5.38 Å². The van der Waals surface area contributed by atoms with E-state index in [0.29, 0.717) is 25.4 Å². The molecule has 0 aromatic carbocycles. The van der Waals surface area contributed by atoms with Crippen molar-refractivity contribution in [1.29, 1.82) is 0 Å². The Balaban J connectivity index is 0.00000324. The first-order chi connectivity index (χ1) is 8.77. The quantitative estimate of drug-likeness (QED) is 0.684. The molecule has 0 saturated carbocycles. The van der Waals surface area contributed by atoms with Crippen molar-refractivity contribution in [2.45, 2.75) is 32.7 Å². The smallest absolute Gasteiger partial charge is 0.270 e. The molecular formula is C12H22ClN3O2S. The largest absolute Gasteiger partial charge is 0.381 e. The van der Waals surface area contributed by atoms with Gasteiger partial charge in [0.25, 0.3) is 5.91 Å². The monoisotopic (exact) mass is 307 g/mol. The lowest BCUT2D eigenvalue weighted by Crippen LogP contribution is -2.25. The molecule has 7 heteroatoms. The minimum Gasteiger partial charge on any atom is -0.381 e. The van der Waals surface area contributed by atoms with E-state index >= 15 is 0 Å². The van der Waals surface area contributed by atoms with Crippen LogP contribution in [0, 0.1) is 0 Å². The van der Waals surface area contributed by atoms with Gasteiger partial charge in [0, 0.05) is 31.7 Å². The number of hydrogen-bond donors (Lipinski definition) is 2. The van der Waals surface area contributed by atoms with Crippen LogP contribution in [0.15, 0.2) is 5.38 Å². The lowest BCUT2D eigenvalue weighted by Gasteiger charge is -2.04. The third-order valence-corrected chi connectivity index (χ3v) is 3.22. The first-order valence-corrected chi connectivity index (χ1v) is 7.16. The average molecular weight is 308 g/mol. The Hall–Kier alpha value is -0.690. The Labute approximate surface area is 124 Å². The molecule has 0 bridgehead atoms. The van der Waals surface area contributed by atoms with E-state index in [0.717, 1.165) is 30.9 Å². The highest BCUT2D eigenvalue weighted by molar-refractivity contribution is 7.09. The zero-order valence-electron chi connectivity index (χ0n) is 11.2. The van der Waals surface area contributed by atoms with Crippen LogP contribution >= 0.6 is 23.7 Å². The van der Waals surface area contributed by atoms with Crippen molar-refractivity contribution in [2.24, 2.45) is 5.73 Å². The summed E-state index contributed by atoms with van der Waals surface area (Å²) in [6.07, 6.45) is 3.06. The molecule has 0 unspecified atom stereocenters. The van der Waals surface area contributed by atoms with Crippen LogP contribution in [-0.4, -0.2) is 30.6 Å². The molecule has 1 rings (SSSR count). The molecular weight excluding hydrogens is 286 g/mol. The van der Waals surface area contributed by atoms with Gasteiger partial charge in [-0.05, 0) is 12.8 Å². The molecule has 0 aliphatic heterocycles. The van der Waals surface area contributed by atoms with Gasteiger partial charge in [0.1, 0.15) is 10.7 Å². The molecule has 0 aliphatic carbocycles. The molecule has 1 aromatic heterocycles. The maximum absolute atomic E-state index is 11.7. The van der Waals surface area contributed by atoms with Gasteiger partial charge in [0.2, 0.25) is 0 Å². The van der Waals surface area contributed by atoms with Crippen LogP contribution in [0.25, 0.3) is 0 Å². The van der Waals surface area contributed by atoms with Gasteiger partial charge in [-0.2, -0.15) is 0 Å². The Morgan fingerprint density at radius 2 is 2.21 bits per heavy atom. The molecule has 0 radical (unpaired) electrons. The lowest BCUT2D eigenvalue weighted by molar-refractivity contribution is 0.0936. The van der Waals surface area contributed by atoms with Crippen molar-refractivity contribution >= 4 is 29.7 Å². The molecule has 0 aliphatic rings. The number of carbonyl (C=O) groups is 1. The molecule has 110 valence electrons. The SMILES string of the molecule is CCCCOCCCNC(=O)c1csc(CN)n1.Cl. The van der Waals surface area contributed by atoms with E-state index in [4.69, 9.17) is 10.5 Å². The van der Waals surface area contributed by atoms with Gasteiger partial charge in [-0.15, -0.1) is 23.7 Å². The summed E-state index contributed by atoms with van der Waals surface area (Å²) >= 11 is 1.41. The third kappa shape index (κ3) is 7.47. The van der Waals surface area contributed by atoms with Crippen molar-refractivity contribution in [3.8, 4) is 0 Å². The van der Waals surface area contributed by atoms with E-state index in [-0.39, 0.29) is 18.3 Å². The zero-order chi connectivity index (χ0) is 13.2. The summed E-state index contributed by atoms with van der Waals surface area (Å²) in [5, 5.41) is 5.32. The second-order valence-corrected chi connectivity index (χ2v) is 4.85. The van der Waals surface area contributed by atoms with Gasteiger partial charge in [-0.1, -0.05) is 13.3 Å². The van der Waals surface area contributed by atoms with E-state index in [9.17, 15) is 4.79 Å². The van der Waals surface area contributed by atoms with Gasteiger partial charge >= 0.3 is 0 Å². The second-order valence-electron chi connectivity index (χ2n) is 3.91. The molecule has 1 heterocycles. The first kappa shape index (κ1) is 18.3. The second kappa shape index (κ2) is 11.2. The Bertz CT molecular complexity index is 360. The summed E-state index contributed by atoms with van der Waals surface area (Å²) in [7, 11) is 0. The number of carbonyl (C=O) groups excluding carboxylic acids is 1. The van der Waals surface area contributed by atoms with Gasteiger partial charge in [-0.25, -0.2) is 4.98 Å². The van der Waals surface area contributed by atoms with Crippen LogP contribution in [0.5, 0.6) is 0 Å². The molecule has 1 amide bonds. The number of halogens is 1. The number of thiazole rings is 1. The first-order valence-electron chi connectivity index (χ1n) is 6.28. The van der Waals surface area contributed by atoms with Crippen molar-refractivity contribution < 1.29 is 9.53 Å². The summed E-state index contributed by atoms with van der Waals surface area (Å²) in [6.45, 7) is 4.61. The maximum Gasteiger partial charge on any atom is 0.270 e. The van der Waals surface area contributed by atoms with E-state index in [1.165, 1.54) is 11.3 Å². The van der Waals surface area contributed by atoms with Crippen LogP contribution in [0.3, 0.4) is 0 Å². The predicted molar refractivity (Wildman–Crippen MR) is 79.9 cm³/mol. The third-order valence-electron chi connectivity index (χ3n) is 2.35. The lowest BCUT2D eigenvalue weighted by atomic mass is 10.3. The number of nitrogens with zero attached hydrogens (tertiary/aromatic N) is 1. The Morgan fingerprint density at radius 3 is 2.84 bits per heavy atom. The van der Waals surface area contributed by atoms with E-state index in [1.807, 2.05) is 0 Å². The number of hydrogen-bond acceptors (Lipinski definition) is 5. The zero-order valence-corrected chi connectivity index (χ0v) is 12.8. The molecule has 0 spiro atoms. The number of amides is 1. The van der Waals surface area contributed by atoms with Crippen molar-refractivity contribution in [3.05, 3.63) is 16.1 Å². The molecule has 5 nitrogen and oxygen atoms in total. The summed E-state index contributed by atoms with van der Waals surface area (Å²) in [5.41, 5.74) is 5.89. The summed E-state index contributed by atoms with van der Waals surface area (Å²) in [4.78, 5) is 15.8. The van der Waals surface area contributed by atoms with Gasteiger partial charge < -0.3 is 15.8 Å². The van der Waals surface area contributed by atoms with E-state index < -0.39 is 0 Å². The fourth-order valence-corrected chi connectivity index (χ4v) is 1.98. The molecule has 1 aromatic rings. The number of unbranched alkanes of at least 4 members (excludes halogenated alkanes) is 1. The molecule has 0 atom stereocenters. The van der Waals surface area contributed by atoms with Gasteiger partial charge in [0.05, 0.1) is 0 Å². The van der Waals surface area contributed by atoms with Crippen molar-refractivity contribution in [3.63, 3.8) is 0 Å². The molecule has 0 saturated heterocycles. The van der Waals surface area contributed by atoms with Crippen LogP contribution in [0.1, 0.15) is 41.7 Å². The fraction of sp³-hybridized carbons (Fsp3) is 0.667. The van der Waals surface area contributed by atoms with Crippen LogP contribution in [-0.2, 0) is 11.3 Å². The standard InChI is InChI=1S/C12H21N3O2S.ClH/c1-2-3-6-17-7-4-5-14-12(16)10-9-18-11(8-13)15-10;/h9H,2-8,13H2,1H3,(H,14,16);1H. The Morgan fingerprint density at radius 1 is 1.47 bits per heavy atom. The normalized spacial score (nSPS) is 10.0. The summed E-state index contributed by atoms with van der Waals surface area (Å²) < 4.78 is 5.40. The van der Waals surface area contributed by atoms with Crippen molar-refractivity contribution in [2.75, 3.05) is 19.8 Å². The Kier molecular flexibility index (Phi) is 10.8. The van der Waals surface area contributed by atoms with Crippen LogP contribution in [0.2, 0.25) is 0 Å². The maximum atomic E-state index is 11.7. The number of rotatable bonds is 9. The fourth-order valence-electron chi connectivity index (χ4n) is 1.32. The van der Waals surface area contributed by atoms with Gasteiger partial charge in [0.15, 0.2) is 0 Å². The minimum absolute atomic E-state index is 0. The molecule has 0 fully saturated rings.